The molecule has 10 heteroatoms. The number of furan rings is 1. The standard InChI is InChI=1S/C20H14N4O6/c1-29-13-4-2-12(3-5-13)23-20(26)16(9-21)15-8-14(11-6-7-30-10-11)18(24(27)28)19(25)17(15)22-23/h2-7,10,14,25H,8H2,1H3. The molecule has 1 aromatic carbocycles. The van der Waals surface area contributed by atoms with E-state index in [9.17, 15) is 25.3 Å². The van der Waals surface area contributed by atoms with Gasteiger partial charge in [0, 0.05) is 11.1 Å². The molecule has 0 bridgehead atoms. The maximum atomic E-state index is 12.9. The molecule has 1 aliphatic carbocycles. The Kier molecular flexibility index (Phi) is 4.56. The summed E-state index contributed by atoms with van der Waals surface area (Å²) in [6.45, 7) is 0. The number of nitriles is 1. The number of methoxy groups -OCH3 is 1. The van der Waals surface area contributed by atoms with Gasteiger partial charge in [0.05, 0.1) is 36.2 Å². The summed E-state index contributed by atoms with van der Waals surface area (Å²) < 4.78 is 11.0. The summed E-state index contributed by atoms with van der Waals surface area (Å²) in [6, 6.07) is 9.69. The minimum Gasteiger partial charge on any atom is -0.501 e. The number of ether oxygens (including phenoxy) is 1. The van der Waals surface area contributed by atoms with E-state index in [2.05, 4.69) is 5.10 Å². The quantitative estimate of drug-likeness (QED) is 0.514. The third-order valence-electron chi connectivity index (χ3n) is 4.97. The van der Waals surface area contributed by atoms with E-state index in [1.165, 1.54) is 25.7 Å². The molecule has 3 aromatic rings. The first-order valence-electron chi connectivity index (χ1n) is 8.77. The third-order valence-corrected chi connectivity index (χ3v) is 4.97. The van der Waals surface area contributed by atoms with Crippen molar-refractivity contribution in [2.75, 3.05) is 7.11 Å². The van der Waals surface area contributed by atoms with Gasteiger partial charge in [-0.1, -0.05) is 0 Å². The molecule has 150 valence electrons. The van der Waals surface area contributed by atoms with E-state index in [1.54, 1.807) is 24.3 Å². The van der Waals surface area contributed by atoms with Gasteiger partial charge in [0.25, 0.3) is 11.3 Å². The van der Waals surface area contributed by atoms with Crippen LogP contribution in [0.1, 0.15) is 28.3 Å². The van der Waals surface area contributed by atoms with Crippen molar-refractivity contribution in [2.24, 2.45) is 0 Å². The van der Waals surface area contributed by atoms with Crippen LogP contribution in [0.5, 0.6) is 5.75 Å². The summed E-state index contributed by atoms with van der Waals surface area (Å²) in [5.74, 6) is -1.03. The number of hydrogen-bond acceptors (Lipinski definition) is 8. The summed E-state index contributed by atoms with van der Waals surface area (Å²) in [4.78, 5) is 24.0. The largest absolute Gasteiger partial charge is 0.501 e. The number of nitro groups is 1. The van der Waals surface area contributed by atoms with E-state index >= 15 is 0 Å². The summed E-state index contributed by atoms with van der Waals surface area (Å²) in [5, 5.41) is 36.2. The molecule has 0 saturated heterocycles. The van der Waals surface area contributed by atoms with Crippen LogP contribution in [0.15, 0.2) is 57.8 Å². The van der Waals surface area contributed by atoms with Crippen LogP contribution >= 0.6 is 0 Å². The Morgan fingerprint density at radius 3 is 2.67 bits per heavy atom. The second-order valence-corrected chi connectivity index (χ2v) is 6.53. The average Bonchev–Trinajstić information content (AvgIpc) is 3.28. The highest BCUT2D eigenvalue weighted by Crippen LogP contribution is 2.39. The molecule has 0 radical (unpaired) electrons. The summed E-state index contributed by atoms with van der Waals surface area (Å²) in [7, 11) is 1.49. The molecule has 0 aliphatic heterocycles. The smallest absolute Gasteiger partial charge is 0.297 e. The van der Waals surface area contributed by atoms with Crippen LogP contribution in [0.2, 0.25) is 0 Å². The number of allylic oxidation sites excluding steroid dienone is 1. The molecular weight excluding hydrogens is 392 g/mol. The van der Waals surface area contributed by atoms with Crippen molar-refractivity contribution in [1.29, 1.82) is 5.26 Å². The molecule has 2 heterocycles. The van der Waals surface area contributed by atoms with Crippen molar-refractivity contribution in [3.8, 4) is 17.5 Å². The fourth-order valence-corrected chi connectivity index (χ4v) is 3.51. The number of aromatic nitrogens is 2. The number of rotatable bonds is 4. The van der Waals surface area contributed by atoms with E-state index < -0.39 is 27.9 Å². The zero-order valence-corrected chi connectivity index (χ0v) is 15.6. The van der Waals surface area contributed by atoms with Crippen LogP contribution < -0.4 is 10.3 Å². The molecule has 1 atom stereocenters. The van der Waals surface area contributed by atoms with Crippen molar-refractivity contribution >= 4 is 5.76 Å². The Bertz CT molecular complexity index is 1270. The predicted molar refractivity (Wildman–Crippen MR) is 103 cm³/mol. The fourth-order valence-electron chi connectivity index (χ4n) is 3.51. The number of nitrogens with zero attached hydrogens (tertiary/aromatic N) is 4. The van der Waals surface area contributed by atoms with Crippen LogP contribution in [-0.4, -0.2) is 26.9 Å². The first-order chi connectivity index (χ1) is 14.5. The van der Waals surface area contributed by atoms with Crippen LogP contribution in [0.25, 0.3) is 11.4 Å². The molecule has 0 fully saturated rings. The number of aliphatic hydroxyl groups excluding tert-OH is 1. The molecule has 1 N–H and O–H groups in total. The van der Waals surface area contributed by atoms with Crippen molar-refractivity contribution < 1.29 is 19.2 Å². The van der Waals surface area contributed by atoms with E-state index in [4.69, 9.17) is 9.15 Å². The van der Waals surface area contributed by atoms with E-state index in [-0.39, 0.29) is 23.2 Å². The summed E-state index contributed by atoms with van der Waals surface area (Å²) in [6.07, 6.45) is 2.62. The minimum absolute atomic E-state index is 0.0518. The van der Waals surface area contributed by atoms with E-state index in [0.717, 1.165) is 4.68 Å². The summed E-state index contributed by atoms with van der Waals surface area (Å²) >= 11 is 0. The Labute approximate surface area is 169 Å². The molecule has 30 heavy (non-hydrogen) atoms. The van der Waals surface area contributed by atoms with Crippen LogP contribution in [0.3, 0.4) is 0 Å². The summed E-state index contributed by atoms with van der Waals surface area (Å²) in [5.41, 5.74) is -0.659. The van der Waals surface area contributed by atoms with Crippen molar-refractivity contribution in [3.05, 3.63) is 91.4 Å². The zero-order chi connectivity index (χ0) is 21.4. The lowest BCUT2D eigenvalue weighted by molar-refractivity contribution is -0.430. The molecule has 2 aromatic heterocycles. The Hall–Kier alpha value is -4.39. The highest BCUT2D eigenvalue weighted by atomic mass is 16.6. The molecular formula is C20H14N4O6. The highest BCUT2D eigenvalue weighted by Gasteiger charge is 2.40. The van der Waals surface area contributed by atoms with Gasteiger partial charge in [0.2, 0.25) is 5.76 Å². The van der Waals surface area contributed by atoms with Gasteiger partial charge < -0.3 is 14.3 Å². The van der Waals surface area contributed by atoms with Gasteiger partial charge in [-0.15, -0.1) is 0 Å². The number of aliphatic hydroxyl groups is 1. The van der Waals surface area contributed by atoms with Gasteiger partial charge in [-0.2, -0.15) is 15.0 Å². The van der Waals surface area contributed by atoms with Crippen LogP contribution in [0.4, 0.5) is 0 Å². The monoisotopic (exact) mass is 406 g/mol. The van der Waals surface area contributed by atoms with Gasteiger partial charge in [0.15, 0.2) is 0 Å². The number of fused-ring (bicyclic) bond motifs is 1. The second kappa shape index (κ2) is 7.21. The zero-order valence-electron chi connectivity index (χ0n) is 15.6. The Balaban J connectivity index is 1.97. The van der Waals surface area contributed by atoms with Gasteiger partial charge in [-0.05, 0) is 36.8 Å². The van der Waals surface area contributed by atoms with Gasteiger partial charge in [-0.25, -0.2) is 0 Å². The fraction of sp³-hybridized carbons (Fsp3) is 0.150. The van der Waals surface area contributed by atoms with Gasteiger partial charge in [0.1, 0.15) is 23.1 Å². The van der Waals surface area contributed by atoms with E-state index in [0.29, 0.717) is 17.0 Å². The lowest BCUT2D eigenvalue weighted by atomic mass is 9.83. The SMILES string of the molecule is COc1ccc(-n2nc3c(c(C#N)c2=O)CC(c2ccoc2)C([N+](=O)[O-])=C3O)cc1. The molecule has 4 rings (SSSR count). The Morgan fingerprint density at radius 2 is 2.10 bits per heavy atom. The first kappa shape index (κ1) is 18.9. The normalized spacial score (nSPS) is 15.4. The predicted octanol–water partition coefficient (Wildman–Crippen LogP) is 2.55. The van der Waals surface area contributed by atoms with Crippen molar-refractivity contribution in [3.63, 3.8) is 0 Å². The lowest BCUT2D eigenvalue weighted by Gasteiger charge is -2.22. The third kappa shape index (κ3) is 2.89. The minimum atomic E-state index is -0.892. The molecule has 0 amide bonds. The maximum Gasteiger partial charge on any atom is 0.297 e. The lowest BCUT2D eigenvalue weighted by Crippen LogP contribution is -2.31. The molecule has 1 unspecified atom stereocenters. The molecule has 1 aliphatic rings. The van der Waals surface area contributed by atoms with Crippen LogP contribution in [-0.2, 0) is 6.42 Å². The van der Waals surface area contributed by atoms with Gasteiger partial charge in [-0.3, -0.25) is 14.9 Å². The van der Waals surface area contributed by atoms with Crippen LogP contribution in [0, 0.1) is 21.4 Å². The van der Waals surface area contributed by atoms with Gasteiger partial charge >= 0.3 is 0 Å². The maximum absolute atomic E-state index is 12.9. The van der Waals surface area contributed by atoms with E-state index in [1.807, 2.05) is 6.07 Å². The second-order valence-electron chi connectivity index (χ2n) is 6.53. The van der Waals surface area contributed by atoms with Crippen molar-refractivity contribution in [2.45, 2.75) is 12.3 Å². The highest BCUT2D eigenvalue weighted by molar-refractivity contribution is 5.67. The Morgan fingerprint density at radius 1 is 1.37 bits per heavy atom. The first-order valence-corrected chi connectivity index (χ1v) is 8.77. The number of benzene rings is 1. The molecule has 10 nitrogen and oxygen atoms in total. The van der Waals surface area contributed by atoms with Crippen molar-refractivity contribution in [1.82, 2.24) is 9.78 Å². The average molecular weight is 406 g/mol. The molecule has 0 spiro atoms. The molecule has 0 saturated carbocycles. The topological polar surface area (TPSA) is 144 Å². The number of hydrogen-bond donors (Lipinski definition) is 1.